The lowest BCUT2D eigenvalue weighted by Crippen LogP contribution is -2.48. The first-order chi connectivity index (χ1) is 10.4. The Kier molecular flexibility index (Phi) is 5.24. The van der Waals surface area contributed by atoms with Crippen molar-refractivity contribution in [2.24, 2.45) is 0 Å². The van der Waals surface area contributed by atoms with Gasteiger partial charge in [-0.25, -0.2) is 4.79 Å². The van der Waals surface area contributed by atoms with Crippen molar-refractivity contribution in [2.75, 3.05) is 6.61 Å². The van der Waals surface area contributed by atoms with E-state index >= 15 is 0 Å². The Bertz CT molecular complexity index is 578. The Hall–Kier alpha value is -1.81. The highest BCUT2D eigenvalue weighted by atomic mass is 28.3. The molecule has 0 aromatic heterocycles. The molecule has 0 aliphatic carbocycles. The maximum absolute atomic E-state index is 12.2. The molecule has 0 spiro atoms. The Morgan fingerprint density at radius 3 is 2.59 bits per heavy atom. The van der Waals surface area contributed by atoms with Gasteiger partial charge in [-0.15, -0.1) is 0 Å². The van der Waals surface area contributed by atoms with Crippen LogP contribution >= 0.6 is 0 Å². The maximum atomic E-state index is 12.2. The number of rotatable bonds is 4. The quantitative estimate of drug-likeness (QED) is 0.789. The Balaban J connectivity index is 2.20. The summed E-state index contributed by atoms with van der Waals surface area (Å²) in [6.07, 6.45) is 5.73. The lowest BCUT2D eigenvalue weighted by molar-refractivity contribution is 0.116. The number of ether oxygens (including phenoxy) is 1. The van der Waals surface area contributed by atoms with Crippen molar-refractivity contribution in [1.29, 1.82) is 0 Å². The number of carbonyl (C=O) groups is 1. The van der Waals surface area contributed by atoms with E-state index in [4.69, 9.17) is 4.74 Å². The summed E-state index contributed by atoms with van der Waals surface area (Å²) in [6, 6.07) is 11.7. The molecule has 1 aromatic carbocycles. The van der Waals surface area contributed by atoms with Gasteiger partial charge >= 0.3 is 6.09 Å². The second-order valence-corrected chi connectivity index (χ2v) is 11.1. The zero-order valence-corrected chi connectivity index (χ0v) is 14.9. The van der Waals surface area contributed by atoms with Crippen LogP contribution in [0.3, 0.4) is 0 Å². The minimum absolute atomic E-state index is 0.0749. The Labute approximate surface area is 134 Å². The SMILES string of the molecule is CCOC(=O)N1C=CC(C)=CC1C[Si](C)(C)c1ccccc1. The summed E-state index contributed by atoms with van der Waals surface area (Å²) in [5.74, 6) is 0. The fourth-order valence-corrected chi connectivity index (χ4v) is 5.52. The van der Waals surface area contributed by atoms with Gasteiger partial charge in [0.05, 0.1) is 20.7 Å². The molecule has 0 bridgehead atoms. The van der Waals surface area contributed by atoms with Crippen LogP contribution in [0.4, 0.5) is 4.79 Å². The second-order valence-electron chi connectivity index (χ2n) is 6.35. The summed E-state index contributed by atoms with van der Waals surface area (Å²) in [7, 11) is -1.63. The molecule has 1 aliphatic rings. The molecule has 0 radical (unpaired) electrons. The average molecular weight is 315 g/mol. The molecule has 1 aliphatic heterocycles. The third-order valence-corrected chi connectivity index (χ3v) is 7.40. The number of hydrogen-bond donors (Lipinski definition) is 0. The van der Waals surface area contributed by atoms with Crippen molar-refractivity contribution < 1.29 is 9.53 Å². The van der Waals surface area contributed by atoms with Crippen LogP contribution in [0.25, 0.3) is 0 Å². The molecular weight excluding hydrogens is 290 g/mol. The molecule has 0 N–H and O–H groups in total. The van der Waals surface area contributed by atoms with E-state index in [2.05, 4.69) is 50.4 Å². The second kappa shape index (κ2) is 6.96. The van der Waals surface area contributed by atoms with Crippen LogP contribution in [0, 0.1) is 0 Å². The summed E-state index contributed by atoms with van der Waals surface area (Å²) in [4.78, 5) is 13.9. The molecule has 2 rings (SSSR count). The van der Waals surface area contributed by atoms with E-state index in [9.17, 15) is 4.79 Å². The van der Waals surface area contributed by atoms with E-state index in [1.165, 1.54) is 10.8 Å². The van der Waals surface area contributed by atoms with Gasteiger partial charge in [0, 0.05) is 6.20 Å². The minimum Gasteiger partial charge on any atom is -0.449 e. The van der Waals surface area contributed by atoms with Crippen molar-refractivity contribution in [3.05, 3.63) is 54.3 Å². The van der Waals surface area contributed by atoms with Crippen LogP contribution in [0.2, 0.25) is 19.1 Å². The Morgan fingerprint density at radius 1 is 1.27 bits per heavy atom. The number of hydrogen-bond acceptors (Lipinski definition) is 2. The van der Waals surface area contributed by atoms with Gasteiger partial charge in [-0.2, -0.15) is 0 Å². The van der Waals surface area contributed by atoms with Crippen LogP contribution in [0.15, 0.2) is 54.3 Å². The van der Waals surface area contributed by atoms with Crippen LogP contribution in [0.5, 0.6) is 0 Å². The molecule has 3 nitrogen and oxygen atoms in total. The van der Waals surface area contributed by atoms with Gasteiger partial charge in [0.15, 0.2) is 0 Å². The van der Waals surface area contributed by atoms with Gasteiger partial charge in [0.2, 0.25) is 0 Å². The number of amides is 1. The molecule has 1 atom stereocenters. The topological polar surface area (TPSA) is 29.5 Å². The molecule has 118 valence electrons. The van der Waals surface area contributed by atoms with Crippen molar-refractivity contribution >= 4 is 19.4 Å². The number of allylic oxidation sites excluding steroid dienone is 2. The first-order valence-corrected chi connectivity index (χ1v) is 11.0. The molecule has 22 heavy (non-hydrogen) atoms. The number of benzene rings is 1. The molecule has 1 aromatic rings. The van der Waals surface area contributed by atoms with Crippen molar-refractivity contribution in [1.82, 2.24) is 4.90 Å². The first kappa shape index (κ1) is 16.6. The monoisotopic (exact) mass is 315 g/mol. The molecule has 4 heteroatoms. The Morgan fingerprint density at radius 2 is 1.95 bits per heavy atom. The van der Waals surface area contributed by atoms with Gasteiger partial charge in [-0.05, 0) is 26.0 Å². The van der Waals surface area contributed by atoms with Crippen molar-refractivity contribution in [2.45, 2.75) is 39.0 Å². The molecule has 0 saturated carbocycles. The third-order valence-electron chi connectivity index (χ3n) is 4.06. The normalized spacial score (nSPS) is 18.1. The zero-order chi connectivity index (χ0) is 16.2. The van der Waals surface area contributed by atoms with E-state index in [0.29, 0.717) is 6.61 Å². The number of carbonyl (C=O) groups excluding carboxylic acids is 1. The van der Waals surface area contributed by atoms with Crippen LogP contribution < -0.4 is 5.19 Å². The molecule has 1 unspecified atom stereocenters. The van der Waals surface area contributed by atoms with E-state index in [1.807, 2.05) is 25.3 Å². The average Bonchev–Trinajstić information content (AvgIpc) is 2.48. The summed E-state index contributed by atoms with van der Waals surface area (Å²) in [5.41, 5.74) is 1.20. The van der Waals surface area contributed by atoms with Crippen LogP contribution in [-0.2, 0) is 4.74 Å². The van der Waals surface area contributed by atoms with E-state index < -0.39 is 8.07 Å². The lowest BCUT2D eigenvalue weighted by atomic mass is 10.1. The zero-order valence-electron chi connectivity index (χ0n) is 13.9. The van der Waals surface area contributed by atoms with Gasteiger partial charge in [0.1, 0.15) is 0 Å². The molecule has 0 saturated heterocycles. The van der Waals surface area contributed by atoms with Gasteiger partial charge < -0.3 is 4.74 Å². The fourth-order valence-electron chi connectivity index (χ4n) is 2.83. The minimum atomic E-state index is -1.63. The van der Waals surface area contributed by atoms with Gasteiger partial charge in [-0.1, -0.05) is 60.3 Å². The first-order valence-electron chi connectivity index (χ1n) is 7.81. The number of nitrogens with zero attached hydrogens (tertiary/aromatic N) is 1. The summed E-state index contributed by atoms with van der Waals surface area (Å²) >= 11 is 0. The highest BCUT2D eigenvalue weighted by Crippen LogP contribution is 2.23. The maximum Gasteiger partial charge on any atom is 0.414 e. The van der Waals surface area contributed by atoms with Gasteiger partial charge in [0.25, 0.3) is 0 Å². The molecular formula is C18H25NO2Si. The predicted molar refractivity (Wildman–Crippen MR) is 93.9 cm³/mol. The molecule has 1 heterocycles. The smallest absolute Gasteiger partial charge is 0.414 e. The van der Waals surface area contributed by atoms with Gasteiger partial charge in [-0.3, -0.25) is 4.90 Å². The van der Waals surface area contributed by atoms with E-state index in [0.717, 1.165) is 6.04 Å². The van der Waals surface area contributed by atoms with E-state index in [-0.39, 0.29) is 12.1 Å². The molecule has 0 fully saturated rings. The predicted octanol–water partition coefficient (Wildman–Crippen LogP) is 3.90. The van der Waals surface area contributed by atoms with Crippen LogP contribution in [0.1, 0.15) is 13.8 Å². The largest absolute Gasteiger partial charge is 0.449 e. The third kappa shape index (κ3) is 3.88. The summed E-state index contributed by atoms with van der Waals surface area (Å²) in [6.45, 7) is 9.02. The van der Waals surface area contributed by atoms with E-state index in [1.54, 1.807) is 4.90 Å². The highest BCUT2D eigenvalue weighted by Gasteiger charge is 2.32. The van der Waals surface area contributed by atoms with Crippen molar-refractivity contribution in [3.8, 4) is 0 Å². The van der Waals surface area contributed by atoms with Crippen LogP contribution in [-0.4, -0.2) is 31.7 Å². The fraction of sp³-hybridized carbons (Fsp3) is 0.389. The van der Waals surface area contributed by atoms with Crippen molar-refractivity contribution in [3.63, 3.8) is 0 Å². The lowest BCUT2D eigenvalue weighted by Gasteiger charge is -2.34. The highest BCUT2D eigenvalue weighted by molar-refractivity contribution is 6.89. The summed E-state index contributed by atoms with van der Waals surface area (Å²) < 4.78 is 5.19. The standard InChI is InChI=1S/C18H25NO2Si/c1-5-21-18(20)19-12-11-15(2)13-16(19)14-22(3,4)17-9-7-6-8-10-17/h6-13,16H,5,14H2,1-4H3. The molecule has 1 amide bonds. The summed E-state index contributed by atoms with van der Waals surface area (Å²) in [5, 5.41) is 1.42.